The number of nitrogens with one attached hydrogen (secondary N) is 2. The lowest BCUT2D eigenvalue weighted by atomic mass is 9.70. The fourth-order valence-corrected chi connectivity index (χ4v) is 7.03. The second kappa shape index (κ2) is 12.2. The number of halogens is 2. The molecule has 4 N–H and O–H groups in total. The topological polar surface area (TPSA) is 124 Å². The molecule has 2 aliphatic rings. The number of fused-ring (bicyclic) bond motifs is 2. The Kier molecular flexibility index (Phi) is 9.26. The van der Waals surface area contributed by atoms with Gasteiger partial charge in [0, 0.05) is 59.8 Å². The summed E-state index contributed by atoms with van der Waals surface area (Å²) in [5.74, 6) is -0.981. The molecule has 5 rings (SSSR count). The van der Waals surface area contributed by atoms with Crippen molar-refractivity contribution in [2.45, 2.75) is 57.2 Å². The summed E-state index contributed by atoms with van der Waals surface area (Å²) in [6.45, 7) is 4.32. The minimum atomic E-state index is -1.39. The average Bonchev–Trinajstić information content (AvgIpc) is 3.52. The third-order valence-electron chi connectivity index (χ3n) is 8.00. The van der Waals surface area contributed by atoms with E-state index in [1.54, 1.807) is 30.1 Å². The van der Waals surface area contributed by atoms with Crippen molar-refractivity contribution in [3.05, 3.63) is 50.6 Å². The van der Waals surface area contributed by atoms with Crippen molar-refractivity contribution >= 4 is 63.8 Å². The zero-order valence-electron chi connectivity index (χ0n) is 23.0. The molecule has 1 aromatic carbocycles. The van der Waals surface area contributed by atoms with E-state index in [0.717, 1.165) is 47.4 Å². The van der Waals surface area contributed by atoms with Crippen LogP contribution in [0.25, 0.3) is 10.9 Å². The number of amides is 2. The van der Waals surface area contributed by atoms with Crippen molar-refractivity contribution in [2.24, 2.45) is 11.7 Å². The van der Waals surface area contributed by atoms with E-state index >= 15 is 0 Å². The van der Waals surface area contributed by atoms with Gasteiger partial charge in [-0.05, 0) is 57.0 Å². The molecule has 9 nitrogen and oxygen atoms in total. The Morgan fingerprint density at radius 3 is 2.85 bits per heavy atom. The van der Waals surface area contributed by atoms with Gasteiger partial charge in [0.25, 0.3) is 5.91 Å². The second-order valence-corrected chi connectivity index (χ2v) is 12.4. The van der Waals surface area contributed by atoms with E-state index in [1.165, 1.54) is 11.3 Å². The molecule has 2 amide bonds. The molecule has 0 saturated heterocycles. The maximum absolute atomic E-state index is 14.0. The minimum Gasteiger partial charge on any atom is -0.352 e. The summed E-state index contributed by atoms with van der Waals surface area (Å²) >= 11 is 7.53. The Labute approximate surface area is 249 Å². The van der Waals surface area contributed by atoms with Crippen molar-refractivity contribution in [3.63, 3.8) is 0 Å². The molecule has 3 unspecified atom stereocenters. The van der Waals surface area contributed by atoms with Crippen LogP contribution in [0.2, 0.25) is 5.02 Å². The molecule has 1 saturated carbocycles. The number of carbonyl (C=O) groups excluding carboxylic acids is 3. The van der Waals surface area contributed by atoms with Gasteiger partial charge in [-0.15, -0.1) is 23.7 Å². The van der Waals surface area contributed by atoms with Gasteiger partial charge < -0.3 is 25.8 Å². The molecule has 0 radical (unpaired) electrons. The highest BCUT2D eigenvalue weighted by atomic mass is 35.5. The third-order valence-corrected chi connectivity index (χ3v) is 9.32. The molecular formula is C28H36Cl2N6O3S. The molecule has 1 aliphatic carbocycles. The fourth-order valence-electron chi connectivity index (χ4n) is 5.76. The van der Waals surface area contributed by atoms with Crippen molar-refractivity contribution in [3.8, 4) is 0 Å². The van der Waals surface area contributed by atoms with Gasteiger partial charge in [0.2, 0.25) is 11.7 Å². The van der Waals surface area contributed by atoms with Crippen LogP contribution in [0.15, 0.2) is 24.3 Å². The monoisotopic (exact) mass is 606 g/mol. The maximum atomic E-state index is 14.0. The molecule has 1 fully saturated rings. The number of carbonyl (C=O) groups is 3. The molecule has 3 heterocycles. The number of hydrogen-bond donors (Lipinski definition) is 3. The van der Waals surface area contributed by atoms with Gasteiger partial charge in [0.15, 0.2) is 5.01 Å². The van der Waals surface area contributed by atoms with Crippen molar-refractivity contribution in [2.75, 3.05) is 27.2 Å². The quantitative estimate of drug-likeness (QED) is 0.349. The maximum Gasteiger partial charge on any atom is 0.280 e. The number of aromatic nitrogens is 2. The number of thiazole rings is 1. The number of hydrogen-bond acceptors (Lipinski definition) is 7. The Morgan fingerprint density at radius 1 is 1.32 bits per heavy atom. The lowest BCUT2D eigenvalue weighted by Gasteiger charge is -2.43. The number of Topliss-reactive ketones (excluding diaryl/α,β-unsaturated/α-hetero) is 1. The predicted molar refractivity (Wildman–Crippen MR) is 160 cm³/mol. The average molecular weight is 608 g/mol. The van der Waals surface area contributed by atoms with Crippen LogP contribution < -0.4 is 11.1 Å². The van der Waals surface area contributed by atoms with Gasteiger partial charge in [-0.2, -0.15) is 0 Å². The van der Waals surface area contributed by atoms with Crippen LogP contribution in [0.3, 0.4) is 0 Å². The number of benzene rings is 1. The predicted octanol–water partition coefficient (Wildman–Crippen LogP) is 4.03. The second-order valence-electron chi connectivity index (χ2n) is 10.9. The number of likely N-dealkylation sites (N-methyl/N-ethyl adjacent to an activating group) is 1. The summed E-state index contributed by atoms with van der Waals surface area (Å²) in [5, 5.41) is 4.78. The largest absolute Gasteiger partial charge is 0.352 e. The Hall–Kier alpha value is -2.50. The number of rotatable bonds is 7. The first-order valence-electron chi connectivity index (χ1n) is 13.4. The lowest BCUT2D eigenvalue weighted by Crippen LogP contribution is -2.66. The molecule has 12 heteroatoms. The summed E-state index contributed by atoms with van der Waals surface area (Å²) < 4.78 is 0. The first-order valence-corrected chi connectivity index (χ1v) is 14.6. The fraction of sp³-hybridized carbons (Fsp3) is 0.500. The molecule has 3 aromatic rings. The highest BCUT2D eigenvalue weighted by molar-refractivity contribution is 7.13. The van der Waals surface area contributed by atoms with E-state index in [-0.39, 0.29) is 48.8 Å². The summed E-state index contributed by atoms with van der Waals surface area (Å²) in [7, 11) is 3.84. The molecule has 216 valence electrons. The first-order chi connectivity index (χ1) is 18.6. The van der Waals surface area contributed by atoms with Crippen LogP contribution in [0, 0.1) is 5.92 Å². The van der Waals surface area contributed by atoms with Crippen LogP contribution in [-0.2, 0) is 17.8 Å². The van der Waals surface area contributed by atoms with Gasteiger partial charge in [-0.1, -0.05) is 18.5 Å². The summed E-state index contributed by atoms with van der Waals surface area (Å²) in [6, 6.07) is 6.36. The molecule has 40 heavy (non-hydrogen) atoms. The molecule has 0 spiro atoms. The van der Waals surface area contributed by atoms with E-state index in [2.05, 4.69) is 20.2 Å². The van der Waals surface area contributed by atoms with E-state index < -0.39 is 11.6 Å². The van der Waals surface area contributed by atoms with Crippen molar-refractivity contribution < 1.29 is 14.4 Å². The van der Waals surface area contributed by atoms with Crippen LogP contribution in [0.4, 0.5) is 0 Å². The van der Waals surface area contributed by atoms with Crippen molar-refractivity contribution in [1.82, 2.24) is 25.1 Å². The molecule has 2 aromatic heterocycles. The Bertz CT molecular complexity index is 1420. The van der Waals surface area contributed by atoms with E-state index in [4.69, 9.17) is 17.3 Å². The van der Waals surface area contributed by atoms with Gasteiger partial charge in [-0.25, -0.2) is 4.98 Å². The van der Waals surface area contributed by atoms with Crippen LogP contribution in [0.5, 0.6) is 0 Å². The van der Waals surface area contributed by atoms with E-state index in [1.807, 2.05) is 20.0 Å². The van der Waals surface area contributed by atoms with Crippen LogP contribution in [0.1, 0.15) is 63.5 Å². The number of H-pyrrole nitrogens is 1. The summed E-state index contributed by atoms with van der Waals surface area (Å²) in [4.78, 5) is 53.4. The SMILES string of the molecule is CCCN(C)C(=O)C1CCC(N)(C(=O)c2cc3cc(Cl)ccc3[nH]2)C(NC(=O)c2nc3c(s2)CN(C)CC3)C1.Cl. The summed E-state index contributed by atoms with van der Waals surface area (Å²) in [5.41, 5.74) is 7.60. The smallest absolute Gasteiger partial charge is 0.280 e. The normalized spacial score (nSPS) is 22.8. The zero-order chi connectivity index (χ0) is 27.9. The van der Waals surface area contributed by atoms with E-state index in [0.29, 0.717) is 28.7 Å². The highest BCUT2D eigenvalue weighted by Crippen LogP contribution is 2.36. The van der Waals surface area contributed by atoms with E-state index in [9.17, 15) is 14.4 Å². The van der Waals surface area contributed by atoms with Gasteiger partial charge >= 0.3 is 0 Å². The first kappa shape index (κ1) is 30.5. The summed E-state index contributed by atoms with van der Waals surface area (Å²) in [6.07, 6.45) is 2.65. The number of nitrogens with zero attached hydrogens (tertiary/aromatic N) is 3. The van der Waals surface area contributed by atoms with Crippen LogP contribution >= 0.6 is 35.3 Å². The van der Waals surface area contributed by atoms with Gasteiger partial charge in [-0.3, -0.25) is 14.4 Å². The number of ketones is 1. The number of aromatic amines is 1. The van der Waals surface area contributed by atoms with Gasteiger partial charge in [0.1, 0.15) is 5.54 Å². The lowest BCUT2D eigenvalue weighted by molar-refractivity contribution is -0.135. The van der Waals surface area contributed by atoms with Crippen LogP contribution in [-0.4, -0.2) is 76.1 Å². The molecule has 1 aliphatic heterocycles. The number of nitrogens with two attached hydrogens (primary N) is 1. The molecular weight excluding hydrogens is 571 g/mol. The standard InChI is InChI=1S/C28H35ClN6O3S.ClH/c1-4-10-35(3)27(38)16-7-9-28(30,24(36)21-13-17-12-18(29)5-6-19(17)31-21)23(14-16)33-25(37)26-32-20-8-11-34(2)15-22(20)39-26;/h5-6,12-13,16,23,31H,4,7-11,14-15,30H2,1-3H3,(H,33,37);1H. The third kappa shape index (κ3) is 5.92. The van der Waals surface area contributed by atoms with Crippen molar-refractivity contribution in [1.29, 1.82) is 0 Å². The Morgan fingerprint density at radius 2 is 2.10 bits per heavy atom. The van der Waals surface area contributed by atoms with Gasteiger partial charge in [0.05, 0.1) is 17.4 Å². The molecule has 0 bridgehead atoms. The minimum absolute atomic E-state index is 0. The zero-order valence-corrected chi connectivity index (χ0v) is 25.3. The molecule has 3 atom stereocenters. The highest BCUT2D eigenvalue weighted by Gasteiger charge is 2.49. The Balaban J connectivity index is 0.00000370.